The van der Waals surface area contributed by atoms with Crippen LogP contribution >= 0.6 is 0 Å². The molecule has 0 aliphatic carbocycles. The van der Waals surface area contributed by atoms with Crippen LogP contribution in [0.3, 0.4) is 0 Å². The molecule has 1 fully saturated rings. The number of aliphatic hydroxyl groups is 1. The van der Waals surface area contributed by atoms with E-state index in [1.54, 1.807) is 0 Å². The molecule has 0 bridgehead atoms. The molecular formula is C12H18N2O. The van der Waals surface area contributed by atoms with Crippen LogP contribution in [-0.2, 0) is 0 Å². The lowest BCUT2D eigenvalue weighted by Gasteiger charge is -2.23. The van der Waals surface area contributed by atoms with E-state index in [4.69, 9.17) is 5.73 Å². The smallest absolute Gasteiger partial charge is 0.0932 e. The van der Waals surface area contributed by atoms with Gasteiger partial charge in [0.1, 0.15) is 0 Å². The number of nitrogens with two attached hydrogens (primary N) is 1. The lowest BCUT2D eigenvalue weighted by atomic mass is 10.1. The van der Waals surface area contributed by atoms with Gasteiger partial charge in [0.25, 0.3) is 0 Å². The van der Waals surface area contributed by atoms with Crippen LogP contribution in [-0.4, -0.2) is 24.7 Å². The molecule has 1 aromatic carbocycles. The van der Waals surface area contributed by atoms with Crippen molar-refractivity contribution in [1.29, 1.82) is 0 Å². The Hall–Kier alpha value is -1.06. The SMILES string of the molecule is NCC(O)c1ccccc1N1CCCC1. The summed E-state index contributed by atoms with van der Waals surface area (Å²) in [7, 11) is 0. The Morgan fingerprint density at radius 3 is 2.60 bits per heavy atom. The predicted molar refractivity (Wildman–Crippen MR) is 61.9 cm³/mol. The van der Waals surface area contributed by atoms with Crippen molar-refractivity contribution in [2.75, 3.05) is 24.5 Å². The third-order valence-electron chi connectivity index (χ3n) is 2.97. The van der Waals surface area contributed by atoms with Crippen LogP contribution in [0, 0.1) is 0 Å². The summed E-state index contributed by atoms with van der Waals surface area (Å²) in [5.74, 6) is 0. The van der Waals surface area contributed by atoms with E-state index >= 15 is 0 Å². The lowest BCUT2D eigenvalue weighted by molar-refractivity contribution is 0.187. The van der Waals surface area contributed by atoms with Gasteiger partial charge in [0.05, 0.1) is 6.10 Å². The highest BCUT2D eigenvalue weighted by atomic mass is 16.3. The van der Waals surface area contributed by atoms with Gasteiger partial charge in [-0.05, 0) is 18.9 Å². The van der Waals surface area contributed by atoms with Crippen molar-refractivity contribution < 1.29 is 5.11 Å². The maximum absolute atomic E-state index is 9.82. The van der Waals surface area contributed by atoms with E-state index in [9.17, 15) is 5.11 Å². The average Bonchev–Trinajstić information content (AvgIpc) is 2.81. The van der Waals surface area contributed by atoms with Gasteiger partial charge >= 0.3 is 0 Å². The van der Waals surface area contributed by atoms with Crippen LogP contribution in [0.1, 0.15) is 24.5 Å². The Labute approximate surface area is 90.5 Å². The largest absolute Gasteiger partial charge is 0.387 e. The standard InChI is InChI=1S/C12H18N2O/c13-9-12(15)10-5-1-2-6-11(10)14-7-3-4-8-14/h1-2,5-6,12,15H,3-4,7-9,13H2. The van der Waals surface area contributed by atoms with Crippen molar-refractivity contribution in [1.82, 2.24) is 0 Å². The van der Waals surface area contributed by atoms with E-state index in [0.29, 0.717) is 0 Å². The minimum atomic E-state index is -0.540. The third kappa shape index (κ3) is 2.13. The molecule has 0 saturated carbocycles. The van der Waals surface area contributed by atoms with Crippen LogP contribution in [0.4, 0.5) is 5.69 Å². The van der Waals surface area contributed by atoms with Crippen LogP contribution in [0.15, 0.2) is 24.3 Å². The molecule has 1 saturated heterocycles. The molecule has 0 aromatic heterocycles. The first kappa shape index (κ1) is 10.5. The van der Waals surface area contributed by atoms with Crippen molar-refractivity contribution >= 4 is 5.69 Å². The van der Waals surface area contributed by atoms with Crippen molar-refractivity contribution in [3.63, 3.8) is 0 Å². The molecule has 82 valence electrons. The number of hydrogen-bond acceptors (Lipinski definition) is 3. The van der Waals surface area contributed by atoms with Crippen molar-refractivity contribution in [3.8, 4) is 0 Å². The Morgan fingerprint density at radius 1 is 1.27 bits per heavy atom. The van der Waals surface area contributed by atoms with E-state index in [-0.39, 0.29) is 6.54 Å². The summed E-state index contributed by atoms with van der Waals surface area (Å²) in [5.41, 5.74) is 7.61. The lowest BCUT2D eigenvalue weighted by Crippen LogP contribution is -2.22. The molecule has 1 aliphatic heterocycles. The number of para-hydroxylation sites is 1. The average molecular weight is 206 g/mol. The summed E-state index contributed by atoms with van der Waals surface area (Å²) in [4.78, 5) is 2.33. The highest BCUT2D eigenvalue weighted by Gasteiger charge is 2.18. The summed E-state index contributed by atoms with van der Waals surface area (Å²) >= 11 is 0. The van der Waals surface area contributed by atoms with Crippen LogP contribution in [0.2, 0.25) is 0 Å². The summed E-state index contributed by atoms with van der Waals surface area (Å²) < 4.78 is 0. The maximum Gasteiger partial charge on any atom is 0.0932 e. The van der Waals surface area contributed by atoms with E-state index in [1.807, 2.05) is 18.2 Å². The highest BCUT2D eigenvalue weighted by Crippen LogP contribution is 2.28. The fourth-order valence-electron chi connectivity index (χ4n) is 2.14. The molecule has 0 radical (unpaired) electrons. The number of nitrogens with zero attached hydrogens (tertiary/aromatic N) is 1. The summed E-state index contributed by atoms with van der Waals surface area (Å²) in [6, 6.07) is 8.00. The molecule has 1 atom stereocenters. The zero-order valence-electron chi connectivity index (χ0n) is 8.89. The second-order valence-electron chi connectivity index (χ2n) is 4.00. The van der Waals surface area contributed by atoms with E-state index in [0.717, 1.165) is 24.3 Å². The van der Waals surface area contributed by atoms with Gasteiger partial charge in [-0.2, -0.15) is 0 Å². The van der Waals surface area contributed by atoms with Crippen LogP contribution in [0.25, 0.3) is 0 Å². The minimum absolute atomic E-state index is 0.283. The van der Waals surface area contributed by atoms with Crippen molar-refractivity contribution in [2.45, 2.75) is 18.9 Å². The maximum atomic E-state index is 9.82. The van der Waals surface area contributed by atoms with Gasteiger partial charge in [-0.15, -0.1) is 0 Å². The molecule has 1 unspecified atom stereocenters. The van der Waals surface area contributed by atoms with Crippen molar-refractivity contribution in [2.24, 2.45) is 5.73 Å². The molecule has 3 heteroatoms. The topological polar surface area (TPSA) is 49.5 Å². The quantitative estimate of drug-likeness (QED) is 0.783. The summed E-state index contributed by atoms with van der Waals surface area (Å²) in [6.07, 6.45) is 1.95. The zero-order chi connectivity index (χ0) is 10.7. The van der Waals surface area contributed by atoms with Gasteiger partial charge in [0, 0.05) is 30.9 Å². The fraction of sp³-hybridized carbons (Fsp3) is 0.500. The van der Waals surface area contributed by atoms with Gasteiger partial charge in [-0.25, -0.2) is 0 Å². The number of benzene rings is 1. The molecule has 0 spiro atoms. The van der Waals surface area contributed by atoms with E-state index in [1.165, 1.54) is 12.8 Å². The first-order valence-corrected chi connectivity index (χ1v) is 5.55. The Kier molecular flexibility index (Phi) is 3.23. The van der Waals surface area contributed by atoms with Gasteiger partial charge < -0.3 is 15.7 Å². The van der Waals surface area contributed by atoms with Gasteiger partial charge in [0.15, 0.2) is 0 Å². The van der Waals surface area contributed by atoms with Crippen LogP contribution in [0.5, 0.6) is 0 Å². The monoisotopic (exact) mass is 206 g/mol. The molecule has 2 rings (SSSR count). The molecule has 1 aliphatic rings. The second-order valence-corrected chi connectivity index (χ2v) is 4.00. The van der Waals surface area contributed by atoms with Crippen LogP contribution < -0.4 is 10.6 Å². The molecule has 3 nitrogen and oxygen atoms in total. The fourth-order valence-corrected chi connectivity index (χ4v) is 2.14. The molecular weight excluding hydrogens is 188 g/mol. The number of anilines is 1. The summed E-state index contributed by atoms with van der Waals surface area (Å²) in [6.45, 7) is 2.47. The van der Waals surface area contributed by atoms with Gasteiger partial charge in [-0.1, -0.05) is 18.2 Å². The van der Waals surface area contributed by atoms with E-state index in [2.05, 4.69) is 11.0 Å². The molecule has 1 heterocycles. The molecule has 3 N–H and O–H groups in total. The zero-order valence-corrected chi connectivity index (χ0v) is 8.89. The number of rotatable bonds is 3. The Bertz CT molecular complexity index is 321. The van der Waals surface area contributed by atoms with Gasteiger partial charge in [0.2, 0.25) is 0 Å². The van der Waals surface area contributed by atoms with Crippen molar-refractivity contribution in [3.05, 3.63) is 29.8 Å². The number of hydrogen-bond donors (Lipinski definition) is 2. The first-order chi connectivity index (χ1) is 7.33. The minimum Gasteiger partial charge on any atom is -0.387 e. The van der Waals surface area contributed by atoms with E-state index < -0.39 is 6.10 Å². The predicted octanol–water partition coefficient (Wildman–Crippen LogP) is 1.28. The highest BCUT2D eigenvalue weighted by molar-refractivity contribution is 5.55. The molecule has 1 aromatic rings. The molecule has 15 heavy (non-hydrogen) atoms. The third-order valence-corrected chi connectivity index (χ3v) is 2.97. The Morgan fingerprint density at radius 2 is 1.93 bits per heavy atom. The Balaban J connectivity index is 2.28. The second kappa shape index (κ2) is 4.64. The number of aliphatic hydroxyl groups excluding tert-OH is 1. The first-order valence-electron chi connectivity index (χ1n) is 5.55. The van der Waals surface area contributed by atoms with Gasteiger partial charge in [-0.3, -0.25) is 0 Å². The summed E-state index contributed by atoms with van der Waals surface area (Å²) in [5, 5.41) is 9.82. The normalized spacial score (nSPS) is 18.1. The molecule has 0 amide bonds.